The molecule has 110 valence electrons. The van der Waals surface area contributed by atoms with Crippen molar-refractivity contribution in [3.63, 3.8) is 0 Å². The van der Waals surface area contributed by atoms with Gasteiger partial charge in [0.2, 0.25) is 0 Å². The van der Waals surface area contributed by atoms with Crippen LogP contribution in [-0.4, -0.2) is 41.7 Å². The van der Waals surface area contributed by atoms with Crippen LogP contribution in [0.3, 0.4) is 0 Å². The van der Waals surface area contributed by atoms with Crippen molar-refractivity contribution in [2.24, 2.45) is 0 Å². The average Bonchev–Trinajstić information content (AvgIpc) is 2.71. The Hall–Kier alpha value is -1.75. The van der Waals surface area contributed by atoms with Gasteiger partial charge in [-0.1, -0.05) is 12.8 Å². The fourth-order valence-electron chi connectivity index (χ4n) is 2.49. The molecular weight excluding hydrogens is 256 g/mol. The molecule has 1 aromatic carbocycles. The molecule has 20 heavy (non-hydrogen) atoms. The van der Waals surface area contributed by atoms with Crippen LogP contribution >= 0.6 is 0 Å². The average molecular weight is 278 g/mol. The lowest BCUT2D eigenvalue weighted by atomic mass is 10.1. The van der Waals surface area contributed by atoms with Crippen LogP contribution in [0.4, 0.5) is 5.69 Å². The van der Waals surface area contributed by atoms with Crippen LogP contribution in [0.1, 0.15) is 25.7 Å². The van der Waals surface area contributed by atoms with Gasteiger partial charge in [0.1, 0.15) is 5.75 Å². The smallest absolute Gasteiger partial charge is 0.260 e. The number of hydrogen-bond acceptors (Lipinski definition) is 4. The summed E-state index contributed by atoms with van der Waals surface area (Å²) in [6, 6.07) is 6.90. The molecule has 1 heterocycles. The highest BCUT2D eigenvalue weighted by Crippen LogP contribution is 2.18. The summed E-state index contributed by atoms with van der Waals surface area (Å²) in [7, 11) is 0. The van der Waals surface area contributed by atoms with Crippen LogP contribution in [0.5, 0.6) is 5.75 Å². The topological polar surface area (TPSA) is 75.8 Å². The number of rotatable bonds is 4. The van der Waals surface area contributed by atoms with E-state index in [0.717, 1.165) is 25.7 Å². The summed E-state index contributed by atoms with van der Waals surface area (Å²) in [5, 5.41) is 9.40. The number of benzene rings is 1. The van der Waals surface area contributed by atoms with Gasteiger partial charge in [-0.25, -0.2) is 0 Å². The minimum Gasteiger partial charge on any atom is -0.484 e. The molecule has 1 aliphatic heterocycles. The zero-order valence-electron chi connectivity index (χ0n) is 11.6. The summed E-state index contributed by atoms with van der Waals surface area (Å²) in [5.41, 5.74) is 6.26. The quantitative estimate of drug-likeness (QED) is 0.817. The summed E-state index contributed by atoms with van der Waals surface area (Å²) < 4.78 is 5.48. The summed E-state index contributed by atoms with van der Waals surface area (Å²) in [6.07, 6.45) is 4.03. The number of aliphatic hydroxyl groups is 1. The van der Waals surface area contributed by atoms with Crippen molar-refractivity contribution in [2.45, 2.75) is 31.7 Å². The number of nitrogens with two attached hydrogens (primary N) is 1. The molecule has 0 saturated carbocycles. The van der Waals surface area contributed by atoms with Crippen molar-refractivity contribution in [3.8, 4) is 5.75 Å². The van der Waals surface area contributed by atoms with Crippen LogP contribution in [0.2, 0.25) is 0 Å². The minimum atomic E-state index is -0.0694. The van der Waals surface area contributed by atoms with Gasteiger partial charge in [0.25, 0.3) is 5.91 Å². The van der Waals surface area contributed by atoms with Crippen molar-refractivity contribution in [2.75, 3.05) is 25.5 Å². The molecular formula is C15H22N2O3. The van der Waals surface area contributed by atoms with Crippen LogP contribution < -0.4 is 10.5 Å². The summed E-state index contributed by atoms with van der Waals surface area (Å²) in [6.45, 7) is 0.725. The lowest BCUT2D eigenvalue weighted by Gasteiger charge is -2.28. The van der Waals surface area contributed by atoms with E-state index in [1.807, 2.05) is 0 Å². The molecule has 1 unspecified atom stereocenters. The highest BCUT2D eigenvalue weighted by atomic mass is 16.5. The first kappa shape index (κ1) is 14.7. The van der Waals surface area contributed by atoms with Gasteiger partial charge in [0.15, 0.2) is 6.61 Å². The zero-order chi connectivity index (χ0) is 14.4. The first-order chi connectivity index (χ1) is 9.70. The Morgan fingerprint density at radius 1 is 1.30 bits per heavy atom. The number of nitrogen functional groups attached to an aromatic ring is 1. The van der Waals surface area contributed by atoms with Crippen LogP contribution in [0.15, 0.2) is 24.3 Å². The third-order valence-electron chi connectivity index (χ3n) is 3.65. The van der Waals surface area contributed by atoms with Gasteiger partial charge in [-0.15, -0.1) is 0 Å². The highest BCUT2D eigenvalue weighted by molar-refractivity contribution is 5.78. The van der Waals surface area contributed by atoms with Crippen molar-refractivity contribution in [1.82, 2.24) is 4.90 Å². The van der Waals surface area contributed by atoms with Gasteiger partial charge in [0.05, 0.1) is 12.6 Å². The summed E-state index contributed by atoms with van der Waals surface area (Å²) in [4.78, 5) is 14.0. The molecule has 0 spiro atoms. The van der Waals surface area contributed by atoms with Gasteiger partial charge in [-0.05, 0) is 37.1 Å². The normalized spacial score (nSPS) is 19.4. The highest BCUT2D eigenvalue weighted by Gasteiger charge is 2.24. The van der Waals surface area contributed by atoms with E-state index in [9.17, 15) is 9.90 Å². The Bertz CT molecular complexity index is 433. The van der Waals surface area contributed by atoms with E-state index >= 15 is 0 Å². The largest absolute Gasteiger partial charge is 0.484 e. The maximum atomic E-state index is 12.2. The van der Waals surface area contributed by atoms with E-state index < -0.39 is 0 Å². The van der Waals surface area contributed by atoms with E-state index in [2.05, 4.69) is 0 Å². The third-order valence-corrected chi connectivity index (χ3v) is 3.65. The Labute approximate surface area is 119 Å². The third kappa shape index (κ3) is 3.87. The number of hydrogen-bond donors (Lipinski definition) is 2. The molecule has 5 heteroatoms. The number of ether oxygens (including phenoxy) is 1. The molecule has 5 nitrogen and oxygen atoms in total. The number of aliphatic hydroxyl groups excluding tert-OH is 1. The van der Waals surface area contributed by atoms with Gasteiger partial charge < -0.3 is 20.5 Å². The second-order valence-corrected chi connectivity index (χ2v) is 5.13. The number of carbonyl (C=O) groups is 1. The van der Waals surface area contributed by atoms with Crippen molar-refractivity contribution in [1.29, 1.82) is 0 Å². The Kier molecular flexibility index (Phi) is 5.24. The molecule has 0 bridgehead atoms. The predicted molar refractivity (Wildman–Crippen MR) is 77.4 cm³/mol. The van der Waals surface area contributed by atoms with Gasteiger partial charge in [0, 0.05) is 12.2 Å². The lowest BCUT2D eigenvalue weighted by molar-refractivity contribution is -0.136. The second-order valence-electron chi connectivity index (χ2n) is 5.13. The number of nitrogens with zero attached hydrogens (tertiary/aromatic N) is 1. The van der Waals surface area contributed by atoms with E-state index in [-0.39, 0.29) is 25.2 Å². The molecule has 0 radical (unpaired) electrons. The maximum absolute atomic E-state index is 12.2. The molecule has 2 rings (SSSR count). The molecule has 0 aromatic heterocycles. The van der Waals surface area contributed by atoms with Crippen LogP contribution in [-0.2, 0) is 4.79 Å². The first-order valence-electron chi connectivity index (χ1n) is 7.09. The first-order valence-corrected chi connectivity index (χ1v) is 7.09. The number of amides is 1. The standard InChI is InChI=1S/C15H22N2O3/c16-12-5-7-14(8-6-12)20-11-15(19)17-9-3-1-2-4-13(17)10-18/h5-8,13,18H,1-4,9-11,16H2. The fourth-order valence-corrected chi connectivity index (χ4v) is 2.49. The lowest BCUT2D eigenvalue weighted by Crippen LogP contribution is -2.44. The van der Waals surface area contributed by atoms with E-state index in [1.165, 1.54) is 0 Å². The molecule has 1 saturated heterocycles. The van der Waals surface area contributed by atoms with Crippen molar-refractivity contribution >= 4 is 11.6 Å². The maximum Gasteiger partial charge on any atom is 0.260 e. The number of carbonyl (C=O) groups excluding carboxylic acids is 1. The molecule has 1 aliphatic rings. The zero-order valence-corrected chi connectivity index (χ0v) is 11.6. The van der Waals surface area contributed by atoms with Crippen LogP contribution in [0, 0.1) is 0 Å². The van der Waals surface area contributed by atoms with Crippen molar-refractivity contribution < 1.29 is 14.6 Å². The molecule has 3 N–H and O–H groups in total. The number of likely N-dealkylation sites (tertiary alicyclic amines) is 1. The van der Waals surface area contributed by atoms with Gasteiger partial charge >= 0.3 is 0 Å². The number of anilines is 1. The Morgan fingerprint density at radius 3 is 2.75 bits per heavy atom. The molecule has 0 aliphatic carbocycles. The molecule has 1 aromatic rings. The monoisotopic (exact) mass is 278 g/mol. The molecule has 1 fully saturated rings. The van der Waals surface area contributed by atoms with Crippen molar-refractivity contribution in [3.05, 3.63) is 24.3 Å². The van der Waals surface area contributed by atoms with E-state index in [4.69, 9.17) is 10.5 Å². The van der Waals surface area contributed by atoms with E-state index in [1.54, 1.807) is 29.2 Å². The van der Waals surface area contributed by atoms with E-state index in [0.29, 0.717) is 18.0 Å². The van der Waals surface area contributed by atoms with Crippen LogP contribution in [0.25, 0.3) is 0 Å². The Balaban J connectivity index is 1.90. The SMILES string of the molecule is Nc1ccc(OCC(=O)N2CCCCCC2CO)cc1. The molecule has 1 atom stereocenters. The van der Waals surface area contributed by atoms with Gasteiger partial charge in [-0.3, -0.25) is 4.79 Å². The predicted octanol–water partition coefficient (Wildman–Crippen LogP) is 1.41. The minimum absolute atomic E-state index is 0.000415. The fraction of sp³-hybridized carbons (Fsp3) is 0.533. The summed E-state index contributed by atoms with van der Waals surface area (Å²) in [5.74, 6) is 0.561. The summed E-state index contributed by atoms with van der Waals surface area (Å²) >= 11 is 0. The second kappa shape index (κ2) is 7.14. The Morgan fingerprint density at radius 2 is 2.05 bits per heavy atom. The van der Waals surface area contributed by atoms with Gasteiger partial charge in [-0.2, -0.15) is 0 Å². The molecule has 1 amide bonds.